The van der Waals surface area contributed by atoms with Crippen LogP contribution >= 0.6 is 11.7 Å². The molecule has 8 nitrogen and oxygen atoms in total. The largest absolute Gasteiger partial charge is 0.373 e. The molecule has 130 valence electrons. The average molecular weight is 350 g/mol. The molecule has 0 aromatic carbocycles. The first-order valence-electron chi connectivity index (χ1n) is 7.82. The van der Waals surface area contributed by atoms with Crippen LogP contribution in [-0.2, 0) is 11.8 Å². The first kappa shape index (κ1) is 17.0. The highest BCUT2D eigenvalue weighted by Gasteiger charge is 2.38. The minimum absolute atomic E-state index is 0.0952. The Morgan fingerprint density at radius 3 is 2.83 bits per heavy atom. The number of aryl methyl sites for hydroxylation is 2. The third kappa shape index (κ3) is 3.33. The molecule has 2 aromatic heterocycles. The molecule has 3 heterocycles. The van der Waals surface area contributed by atoms with E-state index in [1.54, 1.807) is 10.9 Å². The van der Waals surface area contributed by atoms with Crippen LogP contribution in [0.25, 0.3) is 0 Å². The van der Waals surface area contributed by atoms with Crippen LogP contribution in [0.1, 0.15) is 27.8 Å². The molecule has 0 bridgehead atoms. The number of likely N-dealkylation sites (N-methyl/N-ethyl adjacent to an activating group) is 1. The molecule has 1 fully saturated rings. The van der Waals surface area contributed by atoms with Crippen LogP contribution < -0.4 is 0 Å². The van der Waals surface area contributed by atoms with E-state index in [1.807, 2.05) is 39.2 Å². The third-order valence-corrected chi connectivity index (χ3v) is 4.70. The van der Waals surface area contributed by atoms with Crippen molar-refractivity contribution in [3.8, 4) is 0 Å². The van der Waals surface area contributed by atoms with Crippen LogP contribution in [-0.4, -0.2) is 74.1 Å². The zero-order valence-corrected chi connectivity index (χ0v) is 15.2. The van der Waals surface area contributed by atoms with Crippen molar-refractivity contribution in [1.82, 2.24) is 28.3 Å². The Labute approximate surface area is 145 Å². The number of hydrogen-bond acceptors (Lipinski definition) is 7. The van der Waals surface area contributed by atoms with Gasteiger partial charge in [0.25, 0.3) is 5.91 Å². The number of rotatable bonds is 4. The molecule has 0 unspecified atom stereocenters. The van der Waals surface area contributed by atoms with Gasteiger partial charge in [0.2, 0.25) is 0 Å². The van der Waals surface area contributed by atoms with Gasteiger partial charge in [0.05, 0.1) is 42.4 Å². The predicted octanol–water partition coefficient (Wildman–Crippen LogP) is 0.724. The molecule has 2 aromatic rings. The molecule has 9 heteroatoms. The van der Waals surface area contributed by atoms with Crippen LogP contribution in [0, 0.1) is 6.92 Å². The summed E-state index contributed by atoms with van der Waals surface area (Å²) in [6.07, 6.45) is 3.62. The highest BCUT2D eigenvalue weighted by atomic mass is 32.1. The lowest BCUT2D eigenvalue weighted by Gasteiger charge is -2.41. The summed E-state index contributed by atoms with van der Waals surface area (Å²) >= 11 is 1.07. The van der Waals surface area contributed by atoms with Gasteiger partial charge in [-0.1, -0.05) is 0 Å². The number of carbonyl (C=O) groups is 1. The van der Waals surface area contributed by atoms with Gasteiger partial charge in [-0.05, 0) is 21.0 Å². The van der Waals surface area contributed by atoms with Crippen LogP contribution in [0.2, 0.25) is 0 Å². The van der Waals surface area contributed by atoms with Crippen molar-refractivity contribution >= 4 is 17.6 Å². The lowest BCUT2D eigenvalue weighted by atomic mass is 10.00. The van der Waals surface area contributed by atoms with Crippen molar-refractivity contribution < 1.29 is 9.53 Å². The van der Waals surface area contributed by atoms with Crippen LogP contribution in [0.4, 0.5) is 0 Å². The van der Waals surface area contributed by atoms with E-state index in [1.165, 1.54) is 0 Å². The lowest BCUT2D eigenvalue weighted by molar-refractivity contribution is -0.0686. The molecular weight excluding hydrogens is 328 g/mol. The Balaban J connectivity index is 1.95. The van der Waals surface area contributed by atoms with Crippen molar-refractivity contribution in [3.05, 3.63) is 29.3 Å². The van der Waals surface area contributed by atoms with Crippen molar-refractivity contribution in [3.63, 3.8) is 0 Å². The second kappa shape index (κ2) is 6.96. The minimum Gasteiger partial charge on any atom is -0.373 e. The zero-order chi connectivity index (χ0) is 17.3. The summed E-state index contributed by atoms with van der Waals surface area (Å²) in [5.74, 6) is -0.0952. The number of hydrogen-bond donors (Lipinski definition) is 0. The highest BCUT2D eigenvalue weighted by Crippen LogP contribution is 2.31. The summed E-state index contributed by atoms with van der Waals surface area (Å²) in [7, 11) is 5.87. The molecule has 0 N–H and O–H groups in total. The normalized spacial score (nSPS) is 21.5. The molecule has 1 aliphatic heterocycles. The van der Waals surface area contributed by atoms with Gasteiger partial charge in [-0.3, -0.25) is 9.48 Å². The van der Waals surface area contributed by atoms with Gasteiger partial charge in [0, 0.05) is 31.9 Å². The summed E-state index contributed by atoms with van der Waals surface area (Å²) in [4.78, 5) is 17.0. The Morgan fingerprint density at radius 1 is 1.46 bits per heavy atom. The molecule has 3 rings (SSSR count). The Bertz CT molecular complexity index is 712. The van der Waals surface area contributed by atoms with Crippen LogP contribution in [0.5, 0.6) is 0 Å². The van der Waals surface area contributed by atoms with E-state index in [4.69, 9.17) is 4.74 Å². The van der Waals surface area contributed by atoms with Gasteiger partial charge in [0.1, 0.15) is 0 Å². The second-order valence-corrected chi connectivity index (χ2v) is 6.79. The van der Waals surface area contributed by atoms with Gasteiger partial charge < -0.3 is 14.5 Å². The van der Waals surface area contributed by atoms with E-state index in [0.717, 1.165) is 23.8 Å². The van der Waals surface area contributed by atoms with E-state index in [-0.39, 0.29) is 18.1 Å². The van der Waals surface area contributed by atoms with Crippen LogP contribution in [0.3, 0.4) is 0 Å². The zero-order valence-electron chi connectivity index (χ0n) is 14.3. The van der Waals surface area contributed by atoms with Gasteiger partial charge >= 0.3 is 0 Å². The molecule has 1 amide bonds. The topological polar surface area (TPSA) is 76.4 Å². The third-order valence-electron chi connectivity index (χ3n) is 4.08. The summed E-state index contributed by atoms with van der Waals surface area (Å²) in [5.41, 5.74) is 2.07. The SMILES string of the molecule is Cc1nsnc1C(=O)N1CCO[C@@H](CN(C)C)[C@@H]1c1cnn(C)c1. The molecule has 0 spiro atoms. The molecule has 1 saturated heterocycles. The lowest BCUT2D eigenvalue weighted by Crippen LogP contribution is -2.51. The number of aromatic nitrogens is 4. The van der Waals surface area contributed by atoms with Gasteiger partial charge in [-0.15, -0.1) is 0 Å². The predicted molar refractivity (Wildman–Crippen MR) is 89.9 cm³/mol. The fraction of sp³-hybridized carbons (Fsp3) is 0.600. The van der Waals surface area contributed by atoms with E-state index in [0.29, 0.717) is 24.5 Å². The number of nitrogens with zero attached hydrogens (tertiary/aromatic N) is 6. The highest BCUT2D eigenvalue weighted by molar-refractivity contribution is 6.99. The van der Waals surface area contributed by atoms with Gasteiger partial charge in [-0.2, -0.15) is 13.8 Å². The van der Waals surface area contributed by atoms with Gasteiger partial charge in [-0.25, -0.2) is 0 Å². The van der Waals surface area contributed by atoms with Crippen molar-refractivity contribution in [2.75, 3.05) is 33.8 Å². The maximum absolute atomic E-state index is 13.0. The first-order valence-corrected chi connectivity index (χ1v) is 8.55. The Morgan fingerprint density at radius 2 is 2.25 bits per heavy atom. The molecule has 24 heavy (non-hydrogen) atoms. The second-order valence-electron chi connectivity index (χ2n) is 6.26. The van der Waals surface area contributed by atoms with Gasteiger partial charge in [0.15, 0.2) is 5.69 Å². The fourth-order valence-electron chi connectivity index (χ4n) is 3.02. The summed E-state index contributed by atoms with van der Waals surface area (Å²) in [6.45, 7) is 3.57. The van der Waals surface area contributed by atoms with E-state index < -0.39 is 0 Å². The Kier molecular flexibility index (Phi) is 4.93. The van der Waals surface area contributed by atoms with Crippen molar-refractivity contribution in [2.45, 2.75) is 19.1 Å². The number of morpholine rings is 1. The molecule has 2 atom stereocenters. The summed E-state index contributed by atoms with van der Waals surface area (Å²) < 4.78 is 16.0. The Hall–Kier alpha value is -1.84. The molecule has 0 aliphatic carbocycles. The van der Waals surface area contributed by atoms with E-state index in [2.05, 4.69) is 18.7 Å². The summed E-state index contributed by atoms with van der Waals surface area (Å²) in [5, 5.41) is 4.26. The van der Waals surface area contributed by atoms with Crippen LogP contribution in [0.15, 0.2) is 12.4 Å². The first-order chi connectivity index (χ1) is 11.5. The molecule has 0 radical (unpaired) electrons. The average Bonchev–Trinajstić information content (AvgIpc) is 3.14. The monoisotopic (exact) mass is 350 g/mol. The smallest absolute Gasteiger partial charge is 0.276 e. The standard InChI is InChI=1S/C15H22N6O2S/c1-10-13(18-24-17-10)15(22)21-5-6-23-12(9-19(2)3)14(21)11-7-16-20(4)8-11/h7-8,12,14H,5-6,9H2,1-4H3/t12-,14-/m0/s1. The maximum atomic E-state index is 13.0. The van der Waals surface area contributed by atoms with Crippen molar-refractivity contribution in [2.24, 2.45) is 7.05 Å². The molecule has 0 saturated carbocycles. The van der Waals surface area contributed by atoms with E-state index >= 15 is 0 Å². The summed E-state index contributed by atoms with van der Waals surface area (Å²) in [6, 6.07) is -0.191. The number of carbonyl (C=O) groups excluding carboxylic acids is 1. The van der Waals surface area contributed by atoms with E-state index in [9.17, 15) is 4.79 Å². The fourth-order valence-corrected chi connectivity index (χ4v) is 3.56. The minimum atomic E-state index is -0.191. The quantitative estimate of drug-likeness (QED) is 0.809. The maximum Gasteiger partial charge on any atom is 0.276 e. The number of ether oxygens (including phenoxy) is 1. The van der Waals surface area contributed by atoms with Crippen molar-refractivity contribution in [1.29, 1.82) is 0 Å². The molecule has 1 aliphatic rings. The number of amides is 1. The molecular formula is C15H22N6O2S.